The van der Waals surface area contributed by atoms with Crippen LogP contribution < -0.4 is 5.32 Å². The Morgan fingerprint density at radius 3 is 2.73 bits per heavy atom. The number of hydrogen-bond acceptors (Lipinski definition) is 5. The Morgan fingerprint density at radius 2 is 2.14 bits per heavy atom. The van der Waals surface area contributed by atoms with Gasteiger partial charge in [0.25, 0.3) is 5.91 Å². The van der Waals surface area contributed by atoms with Crippen LogP contribution in [0.15, 0.2) is 28.1 Å². The Hall–Kier alpha value is -2.15. The molecule has 0 aromatic carbocycles. The van der Waals surface area contributed by atoms with E-state index in [1.807, 2.05) is 38.3 Å². The summed E-state index contributed by atoms with van der Waals surface area (Å²) < 4.78 is 5.18. The van der Waals surface area contributed by atoms with Gasteiger partial charge in [-0.2, -0.15) is 0 Å². The van der Waals surface area contributed by atoms with Crippen LogP contribution in [-0.2, 0) is 4.79 Å². The largest absolute Gasteiger partial charge is 0.355 e. The Morgan fingerprint density at radius 1 is 1.41 bits per heavy atom. The quantitative estimate of drug-likeness (QED) is 0.938. The summed E-state index contributed by atoms with van der Waals surface area (Å²) in [5.74, 6) is -0.0215. The molecule has 0 radical (unpaired) electrons. The van der Waals surface area contributed by atoms with Crippen LogP contribution in [0.2, 0.25) is 0 Å². The van der Waals surface area contributed by atoms with E-state index in [9.17, 15) is 9.59 Å². The van der Waals surface area contributed by atoms with Gasteiger partial charge in [-0.3, -0.25) is 9.59 Å². The van der Waals surface area contributed by atoms with Gasteiger partial charge in [-0.05, 0) is 32.2 Å². The molecule has 6 nitrogen and oxygen atoms in total. The maximum Gasteiger partial charge on any atom is 0.276 e. The number of carbonyl (C=O) groups excluding carboxylic acids is 2. The monoisotopic (exact) mass is 321 g/mol. The molecular formula is C15H19N3O3S. The predicted molar refractivity (Wildman–Crippen MR) is 84.7 cm³/mol. The Labute approximate surface area is 133 Å². The van der Waals surface area contributed by atoms with Gasteiger partial charge in [0.2, 0.25) is 5.91 Å². The van der Waals surface area contributed by atoms with E-state index in [0.29, 0.717) is 5.76 Å². The van der Waals surface area contributed by atoms with E-state index < -0.39 is 0 Å². The molecule has 118 valence electrons. The topological polar surface area (TPSA) is 75.4 Å². The van der Waals surface area contributed by atoms with Crippen LogP contribution in [0.3, 0.4) is 0 Å². The highest BCUT2D eigenvalue weighted by atomic mass is 32.1. The Bertz CT molecular complexity index is 656. The number of hydrogen-bond donors (Lipinski definition) is 1. The third-order valence-electron chi connectivity index (χ3n) is 2.74. The molecule has 2 amide bonds. The number of amides is 2. The summed E-state index contributed by atoms with van der Waals surface area (Å²) in [4.78, 5) is 26.3. The summed E-state index contributed by atoms with van der Waals surface area (Å²) in [6.07, 6.45) is 0. The van der Waals surface area contributed by atoms with E-state index in [4.69, 9.17) is 4.52 Å². The molecular weight excluding hydrogens is 302 g/mol. The van der Waals surface area contributed by atoms with Crippen molar-refractivity contribution in [2.45, 2.75) is 26.3 Å². The first-order valence-electron chi connectivity index (χ1n) is 6.83. The van der Waals surface area contributed by atoms with Crippen LogP contribution in [0.25, 0.3) is 10.6 Å². The summed E-state index contributed by atoms with van der Waals surface area (Å²) in [6, 6.07) is 5.37. The van der Waals surface area contributed by atoms with Crippen molar-refractivity contribution in [2.24, 2.45) is 0 Å². The molecule has 0 spiro atoms. The van der Waals surface area contributed by atoms with Crippen molar-refractivity contribution in [2.75, 3.05) is 13.6 Å². The van der Waals surface area contributed by atoms with E-state index in [0.717, 1.165) is 4.88 Å². The third kappa shape index (κ3) is 4.17. The number of aromatic nitrogens is 1. The number of rotatable bonds is 4. The number of thiophene rings is 1. The van der Waals surface area contributed by atoms with Gasteiger partial charge in [0, 0.05) is 18.7 Å². The number of nitrogens with one attached hydrogen (secondary N) is 1. The van der Waals surface area contributed by atoms with Gasteiger partial charge in [0.1, 0.15) is 0 Å². The lowest BCUT2D eigenvalue weighted by Gasteiger charge is -2.23. The summed E-state index contributed by atoms with van der Waals surface area (Å²) in [6.45, 7) is 5.63. The lowest BCUT2D eigenvalue weighted by atomic mass is 10.1. The molecule has 0 aliphatic carbocycles. The van der Waals surface area contributed by atoms with Gasteiger partial charge in [-0.1, -0.05) is 11.2 Å². The van der Waals surface area contributed by atoms with Gasteiger partial charge >= 0.3 is 0 Å². The lowest BCUT2D eigenvalue weighted by molar-refractivity contribution is -0.122. The number of likely N-dealkylation sites (N-methyl/N-ethyl adjacent to an activating group) is 1. The normalized spacial score (nSPS) is 11.3. The highest BCUT2D eigenvalue weighted by Gasteiger charge is 2.21. The zero-order chi connectivity index (χ0) is 16.3. The summed E-state index contributed by atoms with van der Waals surface area (Å²) in [5, 5.41) is 8.51. The fraction of sp³-hybridized carbons (Fsp3) is 0.400. The zero-order valence-corrected chi connectivity index (χ0v) is 13.9. The van der Waals surface area contributed by atoms with E-state index in [2.05, 4.69) is 10.5 Å². The van der Waals surface area contributed by atoms with Crippen molar-refractivity contribution >= 4 is 23.2 Å². The number of nitrogens with zero attached hydrogens (tertiary/aromatic N) is 2. The molecule has 2 heterocycles. The van der Waals surface area contributed by atoms with E-state index >= 15 is 0 Å². The molecule has 0 saturated carbocycles. The molecule has 7 heteroatoms. The van der Waals surface area contributed by atoms with Crippen LogP contribution >= 0.6 is 11.3 Å². The minimum Gasteiger partial charge on any atom is -0.355 e. The minimum absolute atomic E-state index is 0.0305. The Kier molecular flexibility index (Phi) is 4.65. The van der Waals surface area contributed by atoms with Crippen LogP contribution in [0.4, 0.5) is 0 Å². The smallest absolute Gasteiger partial charge is 0.276 e. The fourth-order valence-corrected chi connectivity index (χ4v) is 2.52. The molecule has 0 unspecified atom stereocenters. The predicted octanol–water partition coefficient (Wildman–Crippen LogP) is 2.39. The summed E-state index contributed by atoms with van der Waals surface area (Å²) in [7, 11) is 1.56. The van der Waals surface area contributed by atoms with Crippen LogP contribution in [-0.4, -0.2) is 41.0 Å². The molecule has 0 saturated heterocycles. The van der Waals surface area contributed by atoms with Gasteiger partial charge in [-0.25, -0.2) is 0 Å². The first-order valence-corrected chi connectivity index (χ1v) is 7.71. The van der Waals surface area contributed by atoms with Gasteiger partial charge in [0.05, 0.1) is 11.4 Å². The third-order valence-corrected chi connectivity index (χ3v) is 3.62. The van der Waals surface area contributed by atoms with Crippen molar-refractivity contribution in [3.8, 4) is 10.6 Å². The molecule has 2 aromatic heterocycles. The van der Waals surface area contributed by atoms with Gasteiger partial charge in [0.15, 0.2) is 11.5 Å². The summed E-state index contributed by atoms with van der Waals surface area (Å²) in [5.41, 5.74) is -0.143. The molecule has 0 atom stereocenters. The molecule has 0 fully saturated rings. The van der Waals surface area contributed by atoms with Crippen molar-refractivity contribution in [3.05, 3.63) is 29.3 Å². The maximum absolute atomic E-state index is 12.3. The molecule has 2 aromatic rings. The minimum atomic E-state index is -0.351. The second-order valence-electron chi connectivity index (χ2n) is 6.01. The molecule has 0 aliphatic heterocycles. The second-order valence-corrected chi connectivity index (χ2v) is 6.96. The van der Waals surface area contributed by atoms with Crippen molar-refractivity contribution in [1.29, 1.82) is 0 Å². The van der Waals surface area contributed by atoms with Crippen LogP contribution in [0, 0.1) is 0 Å². The number of carbonyl (C=O) groups is 2. The molecule has 0 aliphatic rings. The fourth-order valence-electron chi connectivity index (χ4n) is 1.85. The van der Waals surface area contributed by atoms with E-state index in [1.165, 1.54) is 16.2 Å². The summed E-state index contributed by atoms with van der Waals surface area (Å²) >= 11 is 1.50. The molecule has 1 N–H and O–H groups in total. The first kappa shape index (κ1) is 16.2. The SMILES string of the molecule is CN(CC(=O)NC(C)(C)C)C(=O)c1cc(-c2cccs2)on1. The lowest BCUT2D eigenvalue weighted by Crippen LogP contribution is -2.46. The van der Waals surface area contributed by atoms with Crippen LogP contribution in [0.1, 0.15) is 31.3 Å². The molecule has 2 rings (SSSR count). The van der Waals surface area contributed by atoms with E-state index in [-0.39, 0.29) is 29.6 Å². The van der Waals surface area contributed by atoms with Crippen molar-refractivity contribution in [3.63, 3.8) is 0 Å². The van der Waals surface area contributed by atoms with Crippen molar-refractivity contribution < 1.29 is 14.1 Å². The van der Waals surface area contributed by atoms with Gasteiger partial charge in [-0.15, -0.1) is 11.3 Å². The van der Waals surface area contributed by atoms with E-state index in [1.54, 1.807) is 13.1 Å². The second kappa shape index (κ2) is 6.31. The average Bonchev–Trinajstić information content (AvgIpc) is 3.06. The average molecular weight is 321 g/mol. The highest BCUT2D eigenvalue weighted by molar-refractivity contribution is 7.13. The van der Waals surface area contributed by atoms with Crippen LogP contribution in [0.5, 0.6) is 0 Å². The maximum atomic E-state index is 12.3. The van der Waals surface area contributed by atoms with Gasteiger partial charge < -0.3 is 14.7 Å². The van der Waals surface area contributed by atoms with Crippen molar-refractivity contribution in [1.82, 2.24) is 15.4 Å². The zero-order valence-electron chi connectivity index (χ0n) is 13.0. The Balaban J connectivity index is 2.00. The first-order chi connectivity index (χ1) is 10.3. The standard InChI is InChI=1S/C15H19N3O3S/c1-15(2,3)16-13(19)9-18(4)14(20)10-8-11(21-17-10)12-6-5-7-22-12/h5-8H,9H2,1-4H3,(H,16,19). The molecule has 0 bridgehead atoms. The highest BCUT2D eigenvalue weighted by Crippen LogP contribution is 2.25. The molecule has 22 heavy (non-hydrogen) atoms.